The Hall–Kier alpha value is -2.38. The first-order valence-corrected chi connectivity index (χ1v) is 8.68. The van der Waals surface area contributed by atoms with Crippen molar-refractivity contribution in [1.82, 2.24) is 4.98 Å². The molecule has 0 aliphatic rings. The number of aromatic nitrogens is 1. The summed E-state index contributed by atoms with van der Waals surface area (Å²) in [6.45, 7) is 0. The summed E-state index contributed by atoms with van der Waals surface area (Å²) in [5, 5.41) is 2.16. The van der Waals surface area contributed by atoms with Crippen LogP contribution in [0.15, 0.2) is 79.0 Å². The van der Waals surface area contributed by atoms with Gasteiger partial charge in [-0.1, -0.05) is 60.7 Å². The summed E-state index contributed by atoms with van der Waals surface area (Å²) in [5.41, 5.74) is 0. The van der Waals surface area contributed by atoms with Crippen molar-refractivity contribution in [3.05, 3.63) is 79.0 Å². The number of rotatable bonds is 4. The van der Waals surface area contributed by atoms with E-state index in [9.17, 15) is 4.57 Å². The van der Waals surface area contributed by atoms with Crippen LogP contribution in [0.1, 0.15) is 0 Å². The SMILES string of the molecule is COc1ncccc1P(=O)(c1ccccc1)c1ccccc1. The van der Waals surface area contributed by atoms with Gasteiger partial charge in [-0.2, -0.15) is 0 Å². The van der Waals surface area contributed by atoms with E-state index in [1.807, 2.05) is 66.7 Å². The van der Waals surface area contributed by atoms with E-state index in [-0.39, 0.29) is 0 Å². The molecule has 0 amide bonds. The Balaban J connectivity index is 2.32. The highest BCUT2D eigenvalue weighted by molar-refractivity contribution is 7.85. The van der Waals surface area contributed by atoms with Crippen molar-refractivity contribution in [1.29, 1.82) is 0 Å². The average Bonchev–Trinajstić information content (AvgIpc) is 2.62. The lowest BCUT2D eigenvalue weighted by Gasteiger charge is -2.21. The van der Waals surface area contributed by atoms with E-state index in [1.54, 1.807) is 19.4 Å². The summed E-state index contributed by atoms with van der Waals surface area (Å²) in [6, 6.07) is 22.6. The fourth-order valence-electron chi connectivity index (χ4n) is 2.48. The normalized spacial score (nSPS) is 11.1. The minimum absolute atomic E-state index is 0.401. The maximum Gasteiger partial charge on any atom is 0.224 e. The molecule has 0 unspecified atom stereocenters. The molecule has 22 heavy (non-hydrogen) atoms. The molecule has 0 fully saturated rings. The Morgan fingerprint density at radius 3 is 1.86 bits per heavy atom. The molecule has 3 aromatic rings. The van der Waals surface area contributed by atoms with Gasteiger partial charge in [0.2, 0.25) is 5.88 Å². The van der Waals surface area contributed by atoms with Crippen LogP contribution >= 0.6 is 7.14 Å². The van der Waals surface area contributed by atoms with Crippen molar-refractivity contribution >= 4 is 23.1 Å². The van der Waals surface area contributed by atoms with Crippen LogP contribution in [0, 0.1) is 0 Å². The van der Waals surface area contributed by atoms with Gasteiger partial charge in [0.15, 0.2) is 7.14 Å². The Bertz CT molecular complexity index is 760. The number of hydrogen-bond donors (Lipinski definition) is 0. The van der Waals surface area contributed by atoms with E-state index in [1.165, 1.54) is 0 Å². The van der Waals surface area contributed by atoms with Crippen molar-refractivity contribution in [2.75, 3.05) is 7.11 Å². The van der Waals surface area contributed by atoms with Crippen molar-refractivity contribution in [2.45, 2.75) is 0 Å². The van der Waals surface area contributed by atoms with Crippen LogP contribution < -0.4 is 20.7 Å². The first kappa shape index (κ1) is 14.6. The standard InChI is InChI=1S/C18H16NO2P/c1-21-18-17(13-8-14-19-18)22(20,15-9-4-2-5-10-15)16-11-6-3-7-12-16/h2-14H,1H3. The monoisotopic (exact) mass is 309 g/mol. The lowest BCUT2D eigenvalue weighted by Crippen LogP contribution is -2.26. The molecule has 0 bridgehead atoms. The highest BCUT2D eigenvalue weighted by Crippen LogP contribution is 2.44. The molecule has 0 atom stereocenters. The summed E-state index contributed by atoms with van der Waals surface area (Å²) < 4.78 is 19.4. The van der Waals surface area contributed by atoms with Gasteiger partial charge in [0.05, 0.1) is 12.4 Å². The fraction of sp³-hybridized carbons (Fsp3) is 0.0556. The number of pyridine rings is 1. The topological polar surface area (TPSA) is 39.2 Å². The smallest absolute Gasteiger partial charge is 0.224 e. The van der Waals surface area contributed by atoms with Crippen LogP contribution in [0.4, 0.5) is 0 Å². The molecule has 4 heteroatoms. The summed E-state index contributed by atoms with van der Waals surface area (Å²) >= 11 is 0. The van der Waals surface area contributed by atoms with E-state index in [0.717, 1.165) is 10.6 Å². The molecule has 0 aliphatic heterocycles. The second-order valence-corrected chi connectivity index (χ2v) is 7.55. The minimum atomic E-state index is -3.02. The lowest BCUT2D eigenvalue weighted by atomic mass is 10.4. The first-order valence-electron chi connectivity index (χ1n) is 6.97. The van der Waals surface area contributed by atoms with E-state index < -0.39 is 7.14 Å². The minimum Gasteiger partial charge on any atom is -0.480 e. The second kappa shape index (κ2) is 6.17. The molecule has 0 radical (unpaired) electrons. The van der Waals surface area contributed by atoms with Crippen molar-refractivity contribution < 1.29 is 9.30 Å². The van der Waals surface area contributed by atoms with Gasteiger partial charge in [-0.15, -0.1) is 0 Å². The van der Waals surface area contributed by atoms with Gasteiger partial charge in [-0.05, 0) is 12.1 Å². The maximum atomic E-state index is 14.1. The van der Waals surface area contributed by atoms with E-state index in [0.29, 0.717) is 11.2 Å². The summed E-state index contributed by atoms with van der Waals surface area (Å²) in [4.78, 5) is 4.22. The summed E-state index contributed by atoms with van der Waals surface area (Å²) in [5.74, 6) is 0.401. The largest absolute Gasteiger partial charge is 0.480 e. The molecule has 3 nitrogen and oxygen atoms in total. The number of ether oxygens (including phenoxy) is 1. The van der Waals surface area contributed by atoms with Gasteiger partial charge < -0.3 is 9.30 Å². The molecule has 1 heterocycles. The third kappa shape index (κ3) is 2.44. The molecule has 1 aromatic heterocycles. The van der Waals surface area contributed by atoms with Gasteiger partial charge in [-0.3, -0.25) is 0 Å². The van der Waals surface area contributed by atoms with Crippen LogP contribution in [-0.4, -0.2) is 12.1 Å². The van der Waals surface area contributed by atoms with Gasteiger partial charge in [-0.25, -0.2) is 4.98 Å². The number of benzene rings is 2. The number of methoxy groups -OCH3 is 1. The Morgan fingerprint density at radius 2 is 1.36 bits per heavy atom. The third-order valence-corrected chi connectivity index (χ3v) is 6.59. The van der Waals surface area contributed by atoms with Crippen molar-refractivity contribution in [3.63, 3.8) is 0 Å². The molecule has 0 N–H and O–H groups in total. The maximum absolute atomic E-state index is 14.1. The molecule has 110 valence electrons. The molecule has 2 aromatic carbocycles. The molecular weight excluding hydrogens is 293 g/mol. The predicted molar refractivity (Wildman–Crippen MR) is 90.2 cm³/mol. The Labute approximate surface area is 130 Å². The first-order chi connectivity index (χ1) is 10.8. The van der Waals surface area contributed by atoms with Gasteiger partial charge in [0, 0.05) is 16.8 Å². The Morgan fingerprint density at radius 1 is 0.818 bits per heavy atom. The quantitative estimate of drug-likeness (QED) is 0.696. The van der Waals surface area contributed by atoms with E-state index in [2.05, 4.69) is 4.98 Å². The zero-order chi connectivity index (χ0) is 15.4. The highest BCUT2D eigenvalue weighted by atomic mass is 31.2. The van der Waals surface area contributed by atoms with E-state index >= 15 is 0 Å². The average molecular weight is 309 g/mol. The predicted octanol–water partition coefficient (Wildman–Crippen LogP) is 2.73. The third-order valence-electron chi connectivity index (χ3n) is 3.52. The summed E-state index contributed by atoms with van der Waals surface area (Å²) in [7, 11) is -1.47. The molecule has 0 saturated heterocycles. The fourth-order valence-corrected chi connectivity index (χ4v) is 5.24. The number of hydrogen-bond acceptors (Lipinski definition) is 3. The second-order valence-electron chi connectivity index (χ2n) is 4.81. The Kier molecular flexibility index (Phi) is 4.08. The zero-order valence-corrected chi connectivity index (χ0v) is 13.1. The molecule has 0 saturated carbocycles. The van der Waals surface area contributed by atoms with Crippen molar-refractivity contribution in [3.8, 4) is 5.88 Å². The lowest BCUT2D eigenvalue weighted by molar-refractivity contribution is 0.401. The van der Waals surface area contributed by atoms with Crippen LogP contribution in [0.2, 0.25) is 0 Å². The number of nitrogens with zero attached hydrogens (tertiary/aromatic N) is 1. The molecular formula is C18H16NO2P. The van der Waals surface area contributed by atoms with Crippen LogP contribution in [0.5, 0.6) is 5.88 Å². The van der Waals surface area contributed by atoms with Crippen LogP contribution in [0.25, 0.3) is 0 Å². The molecule has 0 spiro atoms. The summed E-state index contributed by atoms with van der Waals surface area (Å²) in [6.07, 6.45) is 1.64. The highest BCUT2D eigenvalue weighted by Gasteiger charge is 2.32. The molecule has 0 aliphatic carbocycles. The van der Waals surface area contributed by atoms with Crippen molar-refractivity contribution in [2.24, 2.45) is 0 Å². The van der Waals surface area contributed by atoms with Crippen LogP contribution in [0.3, 0.4) is 0 Å². The van der Waals surface area contributed by atoms with Gasteiger partial charge in [0.1, 0.15) is 0 Å². The molecule has 3 rings (SSSR count). The van der Waals surface area contributed by atoms with Gasteiger partial charge >= 0.3 is 0 Å². The van der Waals surface area contributed by atoms with Crippen LogP contribution in [-0.2, 0) is 4.57 Å². The van der Waals surface area contributed by atoms with E-state index in [4.69, 9.17) is 4.74 Å². The zero-order valence-electron chi connectivity index (χ0n) is 12.2. The van der Waals surface area contributed by atoms with Gasteiger partial charge in [0.25, 0.3) is 0 Å².